The van der Waals surface area contributed by atoms with E-state index in [0.717, 1.165) is 35.2 Å². The van der Waals surface area contributed by atoms with Crippen molar-refractivity contribution in [2.45, 2.75) is 69.5 Å². The third-order valence-corrected chi connectivity index (χ3v) is 11.0. The predicted octanol–water partition coefficient (Wildman–Crippen LogP) is 3.36. The number of nitrogens with zero attached hydrogens (tertiary/aromatic N) is 10. The van der Waals surface area contributed by atoms with E-state index in [1.54, 1.807) is 23.0 Å². The monoisotopic (exact) mass is 743 g/mol. The van der Waals surface area contributed by atoms with Crippen LogP contribution in [-0.4, -0.2) is 104 Å². The molecule has 3 aromatic heterocycles. The second-order valence-corrected chi connectivity index (χ2v) is 14.3. The number of aromatic carboxylic acids is 1. The zero-order valence-electron chi connectivity index (χ0n) is 30.1. The van der Waals surface area contributed by atoms with Gasteiger partial charge < -0.3 is 30.3 Å². The first-order chi connectivity index (χ1) is 26.8. The SMILES string of the molecule is CCn1nnc([C@H]2O[C@@H](n3cnc4c(NCC(c5ccccc5)c5ccccc5)nc(N5CC[C@@H](N6Cc7ccc(C(=O)O)cc7C6)C5)nc43)[C@H](O)[C@@H]2O)n1. The van der Waals surface area contributed by atoms with E-state index < -0.39 is 30.5 Å². The Bertz CT molecular complexity index is 2280. The molecule has 0 saturated carbocycles. The fourth-order valence-electron chi connectivity index (χ4n) is 7.99. The van der Waals surface area contributed by atoms with Crippen LogP contribution in [0.25, 0.3) is 11.2 Å². The molecule has 3 aliphatic heterocycles. The summed E-state index contributed by atoms with van der Waals surface area (Å²) < 4.78 is 7.89. The second kappa shape index (κ2) is 14.4. The van der Waals surface area contributed by atoms with Gasteiger partial charge in [0.25, 0.3) is 0 Å². The lowest BCUT2D eigenvalue weighted by atomic mass is 9.91. The number of aliphatic hydroxyl groups is 2. The number of imidazole rings is 1. The molecular weight excluding hydrogens is 703 g/mol. The smallest absolute Gasteiger partial charge is 0.335 e. The quantitative estimate of drug-likeness (QED) is 0.151. The summed E-state index contributed by atoms with van der Waals surface area (Å²) >= 11 is 0. The molecule has 16 heteroatoms. The Morgan fingerprint density at radius 2 is 1.71 bits per heavy atom. The molecule has 0 aliphatic carbocycles. The molecule has 55 heavy (non-hydrogen) atoms. The number of ether oxygens (including phenoxy) is 1. The molecule has 282 valence electrons. The van der Waals surface area contributed by atoms with Crippen molar-refractivity contribution in [2.75, 3.05) is 29.9 Å². The standard InChI is InChI=1S/C39H41N11O5/c1-2-50-45-35(44-46-50)33-31(51)32(52)37(55-33)49-22-41-30-34(40-18-29(23-9-5-3-6-10-23)24-11-7-4-8-12-24)42-39(43-36(30)49)47-16-15-28(21-47)48-19-26-14-13-25(38(53)54)17-27(26)20-48/h3-14,17,22,28-29,31-33,37,51-52H,2,15-16,18-21H2,1H3,(H,53,54)(H,40,42,43)/t28-,31+,32-,33+,37-/m1/s1. The molecule has 0 spiro atoms. The zero-order chi connectivity index (χ0) is 37.6. The molecule has 0 unspecified atom stereocenters. The molecule has 9 rings (SSSR count). The normalized spacial score (nSPS) is 22.5. The summed E-state index contributed by atoms with van der Waals surface area (Å²) in [5.74, 6) is 0.290. The summed E-state index contributed by atoms with van der Waals surface area (Å²) in [6.45, 7) is 5.67. The lowest BCUT2D eigenvalue weighted by Gasteiger charge is -2.24. The number of carbonyl (C=O) groups is 1. The van der Waals surface area contributed by atoms with Crippen molar-refractivity contribution >= 4 is 28.9 Å². The number of aromatic nitrogens is 8. The van der Waals surface area contributed by atoms with Gasteiger partial charge in [-0.3, -0.25) is 9.47 Å². The Kier molecular flexibility index (Phi) is 9.17. The Labute approximate surface area is 316 Å². The Hall–Kier alpha value is -5.81. The summed E-state index contributed by atoms with van der Waals surface area (Å²) in [7, 11) is 0. The highest BCUT2D eigenvalue weighted by Crippen LogP contribution is 2.40. The van der Waals surface area contributed by atoms with Gasteiger partial charge in [0.05, 0.1) is 18.4 Å². The van der Waals surface area contributed by atoms with E-state index >= 15 is 0 Å². The van der Waals surface area contributed by atoms with Gasteiger partial charge >= 0.3 is 5.97 Å². The predicted molar refractivity (Wildman–Crippen MR) is 200 cm³/mol. The largest absolute Gasteiger partial charge is 0.478 e. The minimum absolute atomic E-state index is 0.00694. The molecule has 0 radical (unpaired) electrons. The third-order valence-electron chi connectivity index (χ3n) is 11.0. The maximum absolute atomic E-state index is 11.6. The van der Waals surface area contributed by atoms with Crippen molar-refractivity contribution in [3.63, 3.8) is 0 Å². The van der Waals surface area contributed by atoms with Crippen molar-refractivity contribution in [1.82, 2.24) is 44.6 Å². The first-order valence-electron chi connectivity index (χ1n) is 18.6. The Morgan fingerprint density at radius 1 is 0.964 bits per heavy atom. The second-order valence-electron chi connectivity index (χ2n) is 14.3. The molecule has 2 fully saturated rings. The lowest BCUT2D eigenvalue weighted by Crippen LogP contribution is -2.34. The van der Waals surface area contributed by atoms with Gasteiger partial charge in [-0.1, -0.05) is 66.7 Å². The fourth-order valence-corrected chi connectivity index (χ4v) is 7.99. The molecule has 6 heterocycles. The van der Waals surface area contributed by atoms with Crippen LogP contribution in [-0.2, 0) is 24.4 Å². The third kappa shape index (κ3) is 6.56. The van der Waals surface area contributed by atoms with E-state index in [1.165, 1.54) is 4.80 Å². The minimum atomic E-state index is -1.33. The highest BCUT2D eigenvalue weighted by Gasteiger charge is 2.47. The van der Waals surface area contributed by atoms with E-state index in [4.69, 9.17) is 19.7 Å². The summed E-state index contributed by atoms with van der Waals surface area (Å²) in [6.07, 6.45) is -2.27. The van der Waals surface area contributed by atoms with Crippen LogP contribution in [0.15, 0.2) is 85.2 Å². The van der Waals surface area contributed by atoms with Gasteiger partial charge in [-0.25, -0.2) is 9.78 Å². The number of benzene rings is 3. The van der Waals surface area contributed by atoms with Crippen LogP contribution in [0.4, 0.5) is 11.8 Å². The average Bonchev–Trinajstić information content (AvgIpc) is 4.06. The number of aryl methyl sites for hydroxylation is 1. The highest BCUT2D eigenvalue weighted by molar-refractivity contribution is 5.88. The van der Waals surface area contributed by atoms with Gasteiger partial charge in [-0.2, -0.15) is 14.8 Å². The summed E-state index contributed by atoms with van der Waals surface area (Å²) in [4.78, 5) is 32.4. The van der Waals surface area contributed by atoms with Gasteiger partial charge in [0.2, 0.25) is 11.8 Å². The lowest BCUT2D eigenvalue weighted by molar-refractivity contribution is -0.0384. The van der Waals surface area contributed by atoms with E-state index in [2.05, 4.69) is 54.8 Å². The molecule has 16 nitrogen and oxygen atoms in total. The first-order valence-corrected chi connectivity index (χ1v) is 18.6. The van der Waals surface area contributed by atoms with Gasteiger partial charge in [-0.15, -0.1) is 10.2 Å². The van der Waals surface area contributed by atoms with Crippen molar-refractivity contribution in [3.8, 4) is 0 Å². The first kappa shape index (κ1) is 34.9. The molecule has 4 N–H and O–H groups in total. The number of hydrogen-bond acceptors (Lipinski definition) is 13. The minimum Gasteiger partial charge on any atom is -0.478 e. The fraction of sp³-hybridized carbons (Fsp3) is 0.359. The van der Waals surface area contributed by atoms with Crippen molar-refractivity contribution in [1.29, 1.82) is 0 Å². The van der Waals surface area contributed by atoms with Gasteiger partial charge in [0.1, 0.15) is 12.2 Å². The van der Waals surface area contributed by atoms with Crippen LogP contribution in [0.1, 0.15) is 70.0 Å². The summed E-state index contributed by atoms with van der Waals surface area (Å²) in [6, 6.07) is 26.2. The van der Waals surface area contributed by atoms with E-state index in [1.807, 2.05) is 49.4 Å². The number of aliphatic hydroxyl groups excluding tert-OH is 2. The van der Waals surface area contributed by atoms with Crippen LogP contribution >= 0.6 is 0 Å². The average molecular weight is 744 g/mol. The van der Waals surface area contributed by atoms with Crippen LogP contribution in [0.5, 0.6) is 0 Å². The number of carboxylic acid groups (broad SMARTS) is 1. The van der Waals surface area contributed by atoms with Crippen molar-refractivity contribution in [3.05, 3.63) is 119 Å². The van der Waals surface area contributed by atoms with Crippen LogP contribution in [0.2, 0.25) is 0 Å². The van der Waals surface area contributed by atoms with Crippen LogP contribution in [0.3, 0.4) is 0 Å². The number of fused-ring (bicyclic) bond motifs is 2. The molecule has 3 aliphatic rings. The van der Waals surface area contributed by atoms with E-state index in [9.17, 15) is 20.1 Å². The van der Waals surface area contributed by atoms with E-state index in [-0.39, 0.29) is 17.8 Å². The number of anilines is 2. The number of carboxylic acids is 1. The number of hydrogen-bond donors (Lipinski definition) is 4. The number of rotatable bonds is 11. The highest BCUT2D eigenvalue weighted by atomic mass is 16.6. The molecular formula is C39H41N11O5. The van der Waals surface area contributed by atoms with Crippen LogP contribution in [0, 0.1) is 0 Å². The topological polar surface area (TPSA) is 193 Å². The van der Waals surface area contributed by atoms with Crippen molar-refractivity contribution in [2.24, 2.45) is 0 Å². The van der Waals surface area contributed by atoms with Gasteiger partial charge in [-0.05, 0) is 52.9 Å². The molecule has 3 aromatic carbocycles. The maximum Gasteiger partial charge on any atom is 0.335 e. The summed E-state index contributed by atoms with van der Waals surface area (Å²) in [5, 5.41) is 47.9. The van der Waals surface area contributed by atoms with Gasteiger partial charge in [0.15, 0.2) is 29.3 Å². The van der Waals surface area contributed by atoms with Crippen LogP contribution < -0.4 is 10.2 Å². The number of tetrazole rings is 1. The molecule has 6 aromatic rings. The maximum atomic E-state index is 11.6. The molecule has 0 bridgehead atoms. The number of nitrogens with one attached hydrogen (secondary N) is 1. The zero-order valence-corrected chi connectivity index (χ0v) is 30.1. The molecule has 0 amide bonds. The van der Waals surface area contributed by atoms with Gasteiger partial charge in [0, 0.05) is 44.7 Å². The Balaban J connectivity index is 1.04. The van der Waals surface area contributed by atoms with E-state index in [0.29, 0.717) is 61.2 Å². The molecule has 5 atom stereocenters. The molecule has 2 saturated heterocycles. The van der Waals surface area contributed by atoms with Crippen molar-refractivity contribution < 1.29 is 24.9 Å². The Morgan fingerprint density at radius 3 is 2.42 bits per heavy atom. The summed E-state index contributed by atoms with van der Waals surface area (Å²) in [5.41, 5.74) is 5.71.